The summed E-state index contributed by atoms with van der Waals surface area (Å²) in [5, 5.41) is 13.0. The molecule has 0 bridgehead atoms. The van der Waals surface area contributed by atoms with Crippen LogP contribution in [0.1, 0.15) is 21.1 Å². The first kappa shape index (κ1) is 15.8. The van der Waals surface area contributed by atoms with Gasteiger partial charge in [-0.1, -0.05) is 0 Å². The second kappa shape index (κ2) is 6.02. The van der Waals surface area contributed by atoms with E-state index < -0.39 is 17.7 Å². The van der Waals surface area contributed by atoms with Gasteiger partial charge >= 0.3 is 12.1 Å². The maximum absolute atomic E-state index is 12.6. The van der Waals surface area contributed by atoms with Crippen LogP contribution < -0.4 is 5.32 Å². The van der Waals surface area contributed by atoms with Crippen LogP contribution in [0, 0.1) is 0 Å². The summed E-state index contributed by atoms with van der Waals surface area (Å²) in [5.41, 5.74) is -0.0610. The summed E-state index contributed by atoms with van der Waals surface area (Å²) in [5.74, 6) is -1.13. The van der Waals surface area contributed by atoms with E-state index in [0.717, 1.165) is 23.5 Å². The Bertz CT molecular complexity index is 673. The summed E-state index contributed by atoms with van der Waals surface area (Å²) in [4.78, 5) is 14.5. The highest BCUT2D eigenvalue weighted by Crippen LogP contribution is 2.34. The van der Waals surface area contributed by atoms with E-state index in [1.165, 1.54) is 11.4 Å². The van der Waals surface area contributed by atoms with Crippen molar-refractivity contribution in [2.75, 3.05) is 5.32 Å². The molecule has 0 aliphatic carbocycles. The Morgan fingerprint density at radius 3 is 2.71 bits per heavy atom. The monoisotopic (exact) mass is 380 g/mol. The number of thiazole rings is 1. The molecule has 0 aliphatic rings. The quantitative estimate of drug-likeness (QED) is 0.832. The molecule has 4 nitrogen and oxygen atoms in total. The van der Waals surface area contributed by atoms with E-state index in [1.54, 1.807) is 0 Å². The second-order valence-corrected chi connectivity index (χ2v) is 5.71. The van der Waals surface area contributed by atoms with Crippen LogP contribution in [0.25, 0.3) is 0 Å². The van der Waals surface area contributed by atoms with Gasteiger partial charge in [0.15, 0.2) is 0 Å². The van der Waals surface area contributed by atoms with Gasteiger partial charge in [0.25, 0.3) is 0 Å². The normalized spacial score (nSPS) is 11.4. The smallest absolute Gasteiger partial charge is 0.416 e. The highest BCUT2D eigenvalue weighted by atomic mass is 79.9. The van der Waals surface area contributed by atoms with Gasteiger partial charge in [-0.15, -0.1) is 11.3 Å². The zero-order valence-corrected chi connectivity index (χ0v) is 12.6. The largest absolute Gasteiger partial charge is 0.476 e. The number of hydrogen-bond donors (Lipinski definition) is 2. The van der Waals surface area contributed by atoms with E-state index in [4.69, 9.17) is 5.11 Å². The number of rotatable bonds is 4. The molecule has 2 aromatic rings. The van der Waals surface area contributed by atoms with Crippen molar-refractivity contribution in [1.29, 1.82) is 0 Å². The molecule has 1 aromatic carbocycles. The van der Waals surface area contributed by atoms with E-state index in [2.05, 4.69) is 26.2 Å². The minimum absolute atomic E-state index is 0.0603. The molecule has 0 atom stereocenters. The zero-order valence-electron chi connectivity index (χ0n) is 10.2. The maximum Gasteiger partial charge on any atom is 0.416 e. The Balaban J connectivity index is 2.13. The van der Waals surface area contributed by atoms with Crippen LogP contribution in [0.15, 0.2) is 28.1 Å². The number of halogens is 4. The predicted molar refractivity (Wildman–Crippen MR) is 75.5 cm³/mol. The minimum atomic E-state index is -4.42. The molecular weight excluding hydrogens is 373 g/mol. The lowest BCUT2D eigenvalue weighted by molar-refractivity contribution is -0.137. The molecular formula is C12H8BrF3N2O2S. The van der Waals surface area contributed by atoms with Gasteiger partial charge in [0.05, 0.1) is 17.8 Å². The summed E-state index contributed by atoms with van der Waals surface area (Å²) in [6, 6.07) is 3.25. The molecule has 1 aromatic heterocycles. The van der Waals surface area contributed by atoms with Gasteiger partial charge in [-0.3, -0.25) is 0 Å². The van der Waals surface area contributed by atoms with Crippen LogP contribution in [0.4, 0.5) is 18.9 Å². The number of hydrogen-bond acceptors (Lipinski definition) is 4. The van der Waals surface area contributed by atoms with E-state index in [1.807, 2.05) is 0 Å². The van der Waals surface area contributed by atoms with Crippen molar-refractivity contribution in [2.24, 2.45) is 0 Å². The van der Waals surface area contributed by atoms with Gasteiger partial charge in [-0.25, -0.2) is 9.78 Å². The molecule has 0 saturated heterocycles. The molecule has 0 fully saturated rings. The highest BCUT2D eigenvalue weighted by Gasteiger charge is 2.30. The van der Waals surface area contributed by atoms with E-state index >= 15 is 0 Å². The standard InChI is InChI=1S/C12H8BrF3N2O2S/c13-8-2-1-6(12(14,15)16)3-9(8)17-4-7-5-21-10(18-7)11(19)20/h1-3,5,17H,4H2,(H,19,20). The number of alkyl halides is 3. The van der Waals surface area contributed by atoms with Crippen molar-refractivity contribution in [3.05, 3.63) is 44.3 Å². The van der Waals surface area contributed by atoms with Crippen LogP contribution in [0.2, 0.25) is 0 Å². The van der Waals surface area contributed by atoms with Crippen molar-refractivity contribution in [3.63, 3.8) is 0 Å². The highest BCUT2D eigenvalue weighted by molar-refractivity contribution is 9.10. The molecule has 0 aliphatic heterocycles. The lowest BCUT2D eigenvalue weighted by atomic mass is 10.2. The maximum atomic E-state index is 12.6. The number of aromatic carboxylic acids is 1. The molecule has 21 heavy (non-hydrogen) atoms. The van der Waals surface area contributed by atoms with Crippen LogP contribution in [-0.4, -0.2) is 16.1 Å². The Morgan fingerprint density at radius 1 is 1.43 bits per heavy atom. The third kappa shape index (κ3) is 3.94. The van der Waals surface area contributed by atoms with Gasteiger partial charge in [-0.2, -0.15) is 13.2 Å². The second-order valence-electron chi connectivity index (χ2n) is 4.00. The number of carboxylic acid groups (broad SMARTS) is 1. The molecule has 0 unspecified atom stereocenters. The van der Waals surface area contributed by atoms with Gasteiger partial charge in [0.2, 0.25) is 5.01 Å². The number of nitrogens with one attached hydrogen (secondary N) is 1. The van der Waals surface area contributed by atoms with Crippen LogP contribution in [0.5, 0.6) is 0 Å². The van der Waals surface area contributed by atoms with Gasteiger partial charge in [0, 0.05) is 15.5 Å². The van der Waals surface area contributed by atoms with E-state index in [-0.39, 0.29) is 17.2 Å². The third-order valence-electron chi connectivity index (χ3n) is 2.49. The number of aromatic nitrogens is 1. The number of nitrogens with zero attached hydrogens (tertiary/aromatic N) is 1. The van der Waals surface area contributed by atoms with Gasteiger partial charge in [0.1, 0.15) is 0 Å². The summed E-state index contributed by atoms with van der Waals surface area (Å²) in [6.07, 6.45) is -4.42. The van der Waals surface area contributed by atoms with E-state index in [9.17, 15) is 18.0 Å². The molecule has 0 spiro atoms. The summed E-state index contributed by atoms with van der Waals surface area (Å²) in [7, 11) is 0. The molecule has 2 N–H and O–H groups in total. The molecule has 112 valence electrons. The molecule has 9 heteroatoms. The fourth-order valence-corrected chi connectivity index (χ4v) is 2.55. The predicted octanol–water partition coefficient (Wildman–Crippen LogP) is 4.23. The zero-order chi connectivity index (χ0) is 15.6. The van der Waals surface area contributed by atoms with Crippen LogP contribution >= 0.6 is 27.3 Å². The molecule has 0 radical (unpaired) electrons. The SMILES string of the molecule is O=C(O)c1nc(CNc2cc(C(F)(F)F)ccc2Br)cs1. The third-order valence-corrected chi connectivity index (χ3v) is 4.06. The minimum Gasteiger partial charge on any atom is -0.476 e. The number of benzene rings is 1. The summed E-state index contributed by atoms with van der Waals surface area (Å²) >= 11 is 4.12. The summed E-state index contributed by atoms with van der Waals surface area (Å²) in [6.45, 7) is 0.129. The van der Waals surface area contributed by atoms with Crippen molar-refractivity contribution >= 4 is 38.9 Å². The first-order chi connectivity index (χ1) is 9.77. The first-order valence-corrected chi connectivity index (χ1v) is 7.23. The van der Waals surface area contributed by atoms with Crippen molar-refractivity contribution in [3.8, 4) is 0 Å². The number of anilines is 1. The fraction of sp³-hybridized carbons (Fsp3) is 0.167. The Labute approximate surface area is 129 Å². The Morgan fingerprint density at radius 2 is 2.14 bits per heavy atom. The van der Waals surface area contributed by atoms with Gasteiger partial charge < -0.3 is 10.4 Å². The van der Waals surface area contributed by atoms with Crippen molar-refractivity contribution in [2.45, 2.75) is 12.7 Å². The molecule has 0 amide bonds. The average Bonchev–Trinajstić information content (AvgIpc) is 2.85. The Hall–Kier alpha value is -1.61. The van der Waals surface area contributed by atoms with Crippen LogP contribution in [0.3, 0.4) is 0 Å². The Kier molecular flexibility index (Phi) is 4.52. The number of carboxylic acids is 1. The number of carbonyl (C=O) groups is 1. The topological polar surface area (TPSA) is 62.2 Å². The summed E-state index contributed by atoms with van der Waals surface area (Å²) < 4.78 is 38.4. The van der Waals surface area contributed by atoms with E-state index in [0.29, 0.717) is 10.2 Å². The van der Waals surface area contributed by atoms with Crippen LogP contribution in [-0.2, 0) is 12.7 Å². The lowest BCUT2D eigenvalue weighted by Crippen LogP contribution is -2.07. The molecule has 2 rings (SSSR count). The van der Waals surface area contributed by atoms with Gasteiger partial charge in [-0.05, 0) is 34.1 Å². The van der Waals surface area contributed by atoms with Crippen molar-refractivity contribution in [1.82, 2.24) is 4.98 Å². The molecule has 1 heterocycles. The fourth-order valence-electron chi connectivity index (χ4n) is 1.51. The van der Waals surface area contributed by atoms with Crippen molar-refractivity contribution < 1.29 is 23.1 Å². The first-order valence-electron chi connectivity index (χ1n) is 5.55. The molecule has 0 saturated carbocycles. The average molecular weight is 381 g/mol. The lowest BCUT2D eigenvalue weighted by Gasteiger charge is -2.11.